The van der Waals surface area contributed by atoms with Gasteiger partial charge in [-0.25, -0.2) is 14.8 Å². The molecular formula is C28H25F3N4O4S. The van der Waals surface area contributed by atoms with Crippen LogP contribution in [-0.2, 0) is 12.7 Å². The number of anilines is 2. The van der Waals surface area contributed by atoms with E-state index in [9.17, 15) is 27.9 Å². The summed E-state index contributed by atoms with van der Waals surface area (Å²) >= 11 is 1.30. The number of aromatic carboxylic acids is 1. The van der Waals surface area contributed by atoms with E-state index in [1.807, 2.05) is 6.92 Å². The number of nitrogens with one attached hydrogen (secondary N) is 1. The number of thiazole rings is 1. The SMILES string of the molecule is Cc1ccc(C(=O)N(c2ccc(Oc3ncc(CNc4nccs4)cc3C(F)(F)F)cc2C(=O)O)C(C)C)cc1. The van der Waals surface area contributed by atoms with Crippen molar-refractivity contribution in [2.24, 2.45) is 0 Å². The molecule has 4 rings (SSSR count). The van der Waals surface area contributed by atoms with Crippen LogP contribution in [0.15, 0.2) is 66.3 Å². The Morgan fingerprint density at radius 3 is 2.42 bits per heavy atom. The van der Waals surface area contributed by atoms with Crippen molar-refractivity contribution in [1.29, 1.82) is 0 Å². The molecule has 2 aromatic carbocycles. The van der Waals surface area contributed by atoms with Gasteiger partial charge in [-0.3, -0.25) is 4.79 Å². The summed E-state index contributed by atoms with van der Waals surface area (Å²) in [5.74, 6) is -2.71. The largest absolute Gasteiger partial charge is 0.478 e. The number of benzene rings is 2. The van der Waals surface area contributed by atoms with Crippen LogP contribution in [0, 0.1) is 6.92 Å². The Kier molecular flexibility index (Phi) is 8.38. The maximum atomic E-state index is 13.9. The number of carboxylic acids is 1. The van der Waals surface area contributed by atoms with Crippen molar-refractivity contribution in [3.63, 3.8) is 0 Å². The van der Waals surface area contributed by atoms with Crippen molar-refractivity contribution in [2.45, 2.75) is 39.5 Å². The molecule has 0 aliphatic rings. The maximum Gasteiger partial charge on any atom is 0.421 e. The normalized spacial score (nSPS) is 11.4. The van der Waals surface area contributed by atoms with E-state index >= 15 is 0 Å². The van der Waals surface area contributed by atoms with E-state index in [0.717, 1.165) is 17.7 Å². The molecule has 4 aromatic rings. The minimum atomic E-state index is -4.79. The first-order valence-corrected chi connectivity index (χ1v) is 13.0. The highest BCUT2D eigenvalue weighted by Gasteiger charge is 2.36. The number of rotatable bonds is 9. The zero-order valence-corrected chi connectivity index (χ0v) is 22.5. The fraction of sp³-hybridized carbons (Fsp3) is 0.214. The zero-order chi connectivity index (χ0) is 29.0. The first-order chi connectivity index (χ1) is 18.9. The molecule has 12 heteroatoms. The molecule has 2 N–H and O–H groups in total. The van der Waals surface area contributed by atoms with Gasteiger partial charge in [-0.15, -0.1) is 11.3 Å². The summed E-state index contributed by atoms with van der Waals surface area (Å²) in [7, 11) is 0. The van der Waals surface area contributed by atoms with Crippen LogP contribution in [0.3, 0.4) is 0 Å². The molecule has 2 aromatic heterocycles. The van der Waals surface area contributed by atoms with Gasteiger partial charge >= 0.3 is 12.1 Å². The van der Waals surface area contributed by atoms with Crippen molar-refractivity contribution in [3.8, 4) is 11.6 Å². The Balaban J connectivity index is 1.65. The average molecular weight is 571 g/mol. The summed E-state index contributed by atoms with van der Waals surface area (Å²) < 4.78 is 47.1. The number of ether oxygens (including phenoxy) is 1. The molecule has 0 atom stereocenters. The zero-order valence-electron chi connectivity index (χ0n) is 21.7. The first-order valence-electron chi connectivity index (χ1n) is 12.1. The molecule has 2 heterocycles. The van der Waals surface area contributed by atoms with E-state index in [1.165, 1.54) is 34.6 Å². The van der Waals surface area contributed by atoms with Crippen LogP contribution in [-0.4, -0.2) is 33.0 Å². The van der Waals surface area contributed by atoms with Crippen molar-refractivity contribution in [3.05, 3.63) is 94.1 Å². The number of hydrogen-bond acceptors (Lipinski definition) is 7. The van der Waals surface area contributed by atoms with Crippen LogP contribution < -0.4 is 15.0 Å². The number of carbonyl (C=O) groups is 2. The number of halogens is 3. The number of aromatic nitrogens is 2. The lowest BCUT2D eigenvalue weighted by Gasteiger charge is -2.28. The van der Waals surface area contributed by atoms with Gasteiger partial charge in [-0.2, -0.15) is 13.2 Å². The highest BCUT2D eigenvalue weighted by molar-refractivity contribution is 7.13. The maximum absolute atomic E-state index is 13.9. The Bertz CT molecular complexity index is 1510. The fourth-order valence-electron chi connectivity index (χ4n) is 3.89. The summed E-state index contributed by atoms with van der Waals surface area (Å²) in [4.78, 5) is 34.7. The molecule has 0 saturated heterocycles. The number of amides is 1. The summed E-state index contributed by atoms with van der Waals surface area (Å²) in [5, 5.41) is 15.1. The topological polar surface area (TPSA) is 105 Å². The van der Waals surface area contributed by atoms with Gasteiger partial charge in [0.2, 0.25) is 5.88 Å². The van der Waals surface area contributed by atoms with E-state index in [4.69, 9.17) is 4.74 Å². The van der Waals surface area contributed by atoms with Gasteiger partial charge in [0, 0.05) is 35.9 Å². The average Bonchev–Trinajstić information content (AvgIpc) is 3.42. The van der Waals surface area contributed by atoms with Gasteiger partial charge in [0.1, 0.15) is 11.3 Å². The van der Waals surface area contributed by atoms with E-state index in [1.54, 1.807) is 49.7 Å². The van der Waals surface area contributed by atoms with Gasteiger partial charge in [0.15, 0.2) is 5.13 Å². The molecule has 40 heavy (non-hydrogen) atoms. The predicted molar refractivity (Wildman–Crippen MR) is 145 cm³/mol. The number of pyridine rings is 1. The molecule has 0 bridgehead atoms. The third-order valence-corrected chi connectivity index (χ3v) is 6.53. The molecule has 0 aliphatic heterocycles. The van der Waals surface area contributed by atoms with Crippen molar-refractivity contribution in [1.82, 2.24) is 9.97 Å². The smallest absolute Gasteiger partial charge is 0.421 e. The van der Waals surface area contributed by atoms with Gasteiger partial charge in [-0.05, 0) is 62.7 Å². The summed E-state index contributed by atoms with van der Waals surface area (Å²) in [6, 6.07) is 11.0. The molecule has 0 saturated carbocycles. The van der Waals surface area contributed by atoms with Gasteiger partial charge in [0.05, 0.1) is 11.3 Å². The number of carbonyl (C=O) groups excluding carboxylic acids is 1. The van der Waals surface area contributed by atoms with Gasteiger partial charge in [-0.1, -0.05) is 17.7 Å². The van der Waals surface area contributed by atoms with E-state index in [2.05, 4.69) is 15.3 Å². The van der Waals surface area contributed by atoms with E-state index in [0.29, 0.717) is 10.7 Å². The molecular weight excluding hydrogens is 545 g/mol. The summed E-state index contributed by atoms with van der Waals surface area (Å²) in [6.45, 7) is 5.39. The van der Waals surface area contributed by atoms with Crippen LogP contribution >= 0.6 is 11.3 Å². The van der Waals surface area contributed by atoms with E-state index < -0.39 is 35.5 Å². The lowest BCUT2D eigenvalue weighted by atomic mass is 10.1. The molecule has 0 aliphatic carbocycles. The standard InChI is InChI=1S/C28H25F3N4O4S/c1-16(2)35(25(36)19-6-4-17(3)5-7-19)23-9-8-20(13-21(23)26(37)38)39-24-22(28(29,30)31)12-18(14-33-24)15-34-27-32-10-11-40-27/h4-14,16H,15H2,1-3H3,(H,32,34)(H,37,38). The highest BCUT2D eigenvalue weighted by atomic mass is 32.1. The second-order valence-electron chi connectivity index (χ2n) is 9.11. The predicted octanol–water partition coefficient (Wildman–Crippen LogP) is 7.02. The van der Waals surface area contributed by atoms with Crippen LogP contribution in [0.2, 0.25) is 0 Å². The number of carboxylic acid groups (broad SMARTS) is 1. The molecule has 8 nitrogen and oxygen atoms in total. The van der Waals surface area contributed by atoms with Crippen LogP contribution in [0.4, 0.5) is 24.0 Å². The minimum Gasteiger partial charge on any atom is -0.478 e. The Morgan fingerprint density at radius 1 is 1.10 bits per heavy atom. The number of aryl methyl sites for hydroxylation is 1. The van der Waals surface area contributed by atoms with Crippen LogP contribution in [0.5, 0.6) is 11.6 Å². The molecule has 0 spiro atoms. The summed E-state index contributed by atoms with van der Waals surface area (Å²) in [5.41, 5.74) is 0.205. The summed E-state index contributed by atoms with van der Waals surface area (Å²) in [6.07, 6.45) is -1.98. The Labute approximate surface area is 232 Å². The minimum absolute atomic E-state index is 0.0573. The quantitative estimate of drug-likeness (QED) is 0.223. The fourth-order valence-corrected chi connectivity index (χ4v) is 4.42. The second-order valence-corrected chi connectivity index (χ2v) is 10.0. The highest BCUT2D eigenvalue weighted by Crippen LogP contribution is 2.38. The molecule has 0 radical (unpaired) electrons. The Hall–Kier alpha value is -4.45. The Morgan fingerprint density at radius 2 is 1.82 bits per heavy atom. The molecule has 208 valence electrons. The number of alkyl halides is 3. The van der Waals surface area contributed by atoms with E-state index in [-0.39, 0.29) is 29.1 Å². The van der Waals surface area contributed by atoms with Crippen molar-refractivity contribution < 1.29 is 32.6 Å². The lowest BCUT2D eigenvalue weighted by molar-refractivity contribution is -0.138. The van der Waals surface area contributed by atoms with Crippen molar-refractivity contribution in [2.75, 3.05) is 10.2 Å². The molecule has 0 unspecified atom stereocenters. The molecule has 0 fully saturated rings. The monoisotopic (exact) mass is 570 g/mol. The van der Waals surface area contributed by atoms with Gasteiger partial charge in [0.25, 0.3) is 5.91 Å². The van der Waals surface area contributed by atoms with Crippen molar-refractivity contribution >= 4 is 34.0 Å². The number of nitrogens with zero attached hydrogens (tertiary/aromatic N) is 3. The second kappa shape index (κ2) is 11.7. The lowest BCUT2D eigenvalue weighted by Crippen LogP contribution is -2.38. The van der Waals surface area contributed by atoms with Crippen LogP contribution in [0.25, 0.3) is 0 Å². The first kappa shape index (κ1) is 28.6. The number of hydrogen-bond donors (Lipinski definition) is 2. The van der Waals surface area contributed by atoms with Gasteiger partial charge < -0.3 is 20.1 Å². The molecule has 1 amide bonds. The third kappa shape index (κ3) is 6.57. The van der Waals surface area contributed by atoms with Crippen LogP contribution in [0.1, 0.15) is 51.3 Å². The third-order valence-electron chi connectivity index (χ3n) is 5.80.